The van der Waals surface area contributed by atoms with Gasteiger partial charge in [0.25, 0.3) is 0 Å². The molecule has 61 heavy (non-hydrogen) atoms. The maximum absolute atomic E-state index is 12.7. The molecule has 0 heterocycles. The monoisotopic (exact) mass is 853 g/mol. The maximum Gasteiger partial charge on any atom is 0.306 e. The van der Waals surface area contributed by atoms with Crippen molar-refractivity contribution in [2.24, 2.45) is 0 Å². The average Bonchev–Trinajstić information content (AvgIpc) is 3.26. The Balaban J connectivity index is 4.16. The molecule has 0 fully saturated rings. The van der Waals surface area contributed by atoms with Gasteiger partial charge in [-0.05, 0) is 89.9 Å². The Labute approximate surface area is 377 Å². The van der Waals surface area contributed by atoms with E-state index >= 15 is 0 Å². The molecule has 0 aromatic carbocycles. The predicted molar refractivity (Wildman–Crippen MR) is 261 cm³/mol. The van der Waals surface area contributed by atoms with Gasteiger partial charge in [0, 0.05) is 19.3 Å². The Hall–Kier alpha value is -2.89. The molecule has 0 aliphatic heterocycles. The van der Waals surface area contributed by atoms with Crippen molar-refractivity contribution < 1.29 is 28.6 Å². The van der Waals surface area contributed by atoms with Crippen LogP contribution in [0.15, 0.2) is 60.8 Å². The normalized spacial score (nSPS) is 12.5. The summed E-state index contributed by atoms with van der Waals surface area (Å²) >= 11 is 0. The van der Waals surface area contributed by atoms with Crippen molar-refractivity contribution in [2.45, 2.75) is 258 Å². The quantitative estimate of drug-likeness (QED) is 0.0263. The number of rotatable bonds is 46. The summed E-state index contributed by atoms with van der Waals surface area (Å²) in [4.78, 5) is 37.6. The third kappa shape index (κ3) is 48.0. The number of carbonyl (C=O) groups excluding carboxylic acids is 3. The molecule has 0 aromatic rings. The Morgan fingerprint density at radius 1 is 0.328 bits per heavy atom. The van der Waals surface area contributed by atoms with E-state index in [1.165, 1.54) is 103 Å². The number of allylic oxidation sites excluding steroid dienone is 10. The van der Waals surface area contributed by atoms with Gasteiger partial charge in [-0.3, -0.25) is 14.4 Å². The number of unbranched alkanes of at least 4 members (excludes halogenated alkanes) is 25. The zero-order valence-electron chi connectivity index (χ0n) is 40.2. The Bertz CT molecular complexity index is 1120. The molecule has 0 aliphatic carbocycles. The summed E-state index contributed by atoms with van der Waals surface area (Å²) in [7, 11) is 0. The number of hydrogen-bond donors (Lipinski definition) is 0. The molecule has 0 spiro atoms. The van der Waals surface area contributed by atoms with Crippen LogP contribution in [0, 0.1) is 0 Å². The number of carbonyl (C=O) groups is 3. The molecule has 0 aliphatic rings. The molecular formula is C55H96O6. The smallest absolute Gasteiger partial charge is 0.306 e. The number of ether oxygens (including phenoxy) is 3. The minimum Gasteiger partial charge on any atom is -0.462 e. The van der Waals surface area contributed by atoms with Gasteiger partial charge in [-0.15, -0.1) is 0 Å². The van der Waals surface area contributed by atoms with Crippen LogP contribution in [0.25, 0.3) is 0 Å². The molecule has 0 aromatic heterocycles. The topological polar surface area (TPSA) is 78.9 Å². The van der Waals surface area contributed by atoms with Crippen LogP contribution >= 0.6 is 0 Å². The molecular weight excluding hydrogens is 757 g/mol. The second-order valence-electron chi connectivity index (χ2n) is 17.1. The van der Waals surface area contributed by atoms with Crippen LogP contribution in [-0.2, 0) is 28.6 Å². The van der Waals surface area contributed by atoms with E-state index in [0.717, 1.165) is 109 Å². The standard InChI is InChI=1S/C55H96O6/c1-4-7-10-13-15-17-19-21-23-24-25-26-27-28-29-30-32-33-35-37-39-42-45-48-54(57)60-51-52(50-59-53(56)47-44-41-12-9-6-3)61-55(58)49-46-43-40-38-36-34-31-22-20-18-16-14-11-8-5-2/h16,18-19,21-22,24-25,27-28,31,52H,4-15,17,20,23,26,29-30,32-51H2,1-3H3/b18-16-,21-19-,25-24-,28-27-,31-22-. The number of esters is 3. The second kappa shape index (κ2) is 49.8. The summed E-state index contributed by atoms with van der Waals surface area (Å²) in [5.41, 5.74) is 0. The molecule has 0 rings (SSSR count). The summed E-state index contributed by atoms with van der Waals surface area (Å²) in [6, 6.07) is 0. The lowest BCUT2D eigenvalue weighted by molar-refractivity contribution is -0.167. The fraction of sp³-hybridized carbons (Fsp3) is 0.764. The molecule has 1 atom stereocenters. The Morgan fingerprint density at radius 2 is 0.590 bits per heavy atom. The van der Waals surface area contributed by atoms with E-state index in [9.17, 15) is 14.4 Å². The van der Waals surface area contributed by atoms with Crippen LogP contribution in [0.5, 0.6) is 0 Å². The fourth-order valence-corrected chi connectivity index (χ4v) is 7.07. The highest BCUT2D eigenvalue weighted by atomic mass is 16.6. The van der Waals surface area contributed by atoms with Crippen molar-refractivity contribution in [1.29, 1.82) is 0 Å². The van der Waals surface area contributed by atoms with Gasteiger partial charge in [-0.25, -0.2) is 0 Å². The minimum absolute atomic E-state index is 0.0833. The first-order valence-corrected chi connectivity index (χ1v) is 25.8. The first-order valence-electron chi connectivity index (χ1n) is 25.8. The van der Waals surface area contributed by atoms with Gasteiger partial charge in [0.1, 0.15) is 13.2 Å². The molecule has 0 amide bonds. The zero-order valence-corrected chi connectivity index (χ0v) is 40.2. The van der Waals surface area contributed by atoms with Crippen LogP contribution in [0.1, 0.15) is 252 Å². The molecule has 6 heteroatoms. The van der Waals surface area contributed by atoms with Gasteiger partial charge in [0.2, 0.25) is 0 Å². The maximum atomic E-state index is 12.7. The highest BCUT2D eigenvalue weighted by Crippen LogP contribution is 2.14. The minimum atomic E-state index is -0.780. The summed E-state index contributed by atoms with van der Waals surface area (Å²) in [5.74, 6) is -0.916. The van der Waals surface area contributed by atoms with Crippen LogP contribution in [0.2, 0.25) is 0 Å². The molecule has 0 radical (unpaired) electrons. The van der Waals surface area contributed by atoms with E-state index in [1.54, 1.807) is 0 Å². The lowest BCUT2D eigenvalue weighted by Crippen LogP contribution is -2.30. The highest BCUT2D eigenvalue weighted by molar-refractivity contribution is 5.71. The predicted octanol–water partition coefficient (Wildman–Crippen LogP) is 16.9. The fourth-order valence-electron chi connectivity index (χ4n) is 7.07. The SMILES string of the molecule is CCCCC/C=C\C/C=C\CCCCCCCC(=O)OC(COC(=O)CCCCCCC)COC(=O)CCCCCCCCCC/C=C\C/C=C\C/C=C\CCCCCCC. The van der Waals surface area contributed by atoms with Gasteiger partial charge in [0.15, 0.2) is 6.10 Å². The van der Waals surface area contributed by atoms with Gasteiger partial charge >= 0.3 is 17.9 Å². The van der Waals surface area contributed by atoms with Crippen molar-refractivity contribution in [3.05, 3.63) is 60.8 Å². The van der Waals surface area contributed by atoms with Crippen LogP contribution in [-0.4, -0.2) is 37.2 Å². The number of hydrogen-bond acceptors (Lipinski definition) is 6. The van der Waals surface area contributed by atoms with Crippen LogP contribution in [0.3, 0.4) is 0 Å². The first-order chi connectivity index (χ1) is 30.0. The summed E-state index contributed by atoms with van der Waals surface area (Å²) < 4.78 is 16.6. The van der Waals surface area contributed by atoms with Gasteiger partial charge in [-0.1, -0.05) is 204 Å². The lowest BCUT2D eigenvalue weighted by Gasteiger charge is -2.18. The summed E-state index contributed by atoms with van der Waals surface area (Å²) in [5, 5.41) is 0. The lowest BCUT2D eigenvalue weighted by atomic mass is 10.1. The molecule has 1 unspecified atom stereocenters. The molecule has 0 saturated carbocycles. The third-order valence-electron chi connectivity index (χ3n) is 11.0. The highest BCUT2D eigenvalue weighted by Gasteiger charge is 2.19. The van der Waals surface area contributed by atoms with E-state index < -0.39 is 6.10 Å². The van der Waals surface area contributed by atoms with E-state index in [4.69, 9.17) is 14.2 Å². The van der Waals surface area contributed by atoms with Gasteiger partial charge < -0.3 is 14.2 Å². The van der Waals surface area contributed by atoms with Crippen molar-refractivity contribution >= 4 is 17.9 Å². The van der Waals surface area contributed by atoms with E-state index in [2.05, 4.69) is 81.5 Å². The van der Waals surface area contributed by atoms with Crippen molar-refractivity contribution in [2.75, 3.05) is 13.2 Å². The zero-order chi connectivity index (χ0) is 44.4. The van der Waals surface area contributed by atoms with Gasteiger partial charge in [0.05, 0.1) is 0 Å². The Kier molecular flexibility index (Phi) is 47.4. The Morgan fingerprint density at radius 3 is 0.951 bits per heavy atom. The first kappa shape index (κ1) is 58.1. The third-order valence-corrected chi connectivity index (χ3v) is 11.0. The average molecular weight is 853 g/mol. The molecule has 0 bridgehead atoms. The molecule has 6 nitrogen and oxygen atoms in total. The molecule has 0 saturated heterocycles. The van der Waals surface area contributed by atoms with E-state index in [1.807, 2.05) is 0 Å². The van der Waals surface area contributed by atoms with E-state index in [0.29, 0.717) is 19.3 Å². The van der Waals surface area contributed by atoms with E-state index in [-0.39, 0.29) is 31.1 Å². The van der Waals surface area contributed by atoms with Crippen molar-refractivity contribution in [3.8, 4) is 0 Å². The van der Waals surface area contributed by atoms with Crippen molar-refractivity contribution in [3.63, 3.8) is 0 Å². The van der Waals surface area contributed by atoms with Crippen LogP contribution < -0.4 is 0 Å². The van der Waals surface area contributed by atoms with Crippen molar-refractivity contribution in [1.82, 2.24) is 0 Å². The largest absolute Gasteiger partial charge is 0.462 e. The summed E-state index contributed by atoms with van der Waals surface area (Å²) in [6.45, 7) is 6.50. The van der Waals surface area contributed by atoms with Crippen LogP contribution in [0.4, 0.5) is 0 Å². The van der Waals surface area contributed by atoms with Gasteiger partial charge in [-0.2, -0.15) is 0 Å². The molecule has 352 valence electrons. The molecule has 0 N–H and O–H groups in total. The second-order valence-corrected chi connectivity index (χ2v) is 17.1. The summed E-state index contributed by atoms with van der Waals surface area (Å²) in [6.07, 6.45) is 61.0.